The van der Waals surface area contributed by atoms with Gasteiger partial charge in [-0.2, -0.15) is 0 Å². The molecule has 0 radical (unpaired) electrons. The van der Waals surface area contributed by atoms with Crippen LogP contribution in [0.1, 0.15) is 19.8 Å². The van der Waals surface area contributed by atoms with Crippen molar-refractivity contribution >= 4 is 41.5 Å². The number of amides is 1. The first-order chi connectivity index (χ1) is 9.78. The Morgan fingerprint density at radius 1 is 1.24 bits per heavy atom. The second-order valence-corrected chi connectivity index (χ2v) is 4.93. The Bertz CT molecular complexity index is 460. The molecule has 5 nitrogen and oxygen atoms in total. The average Bonchev–Trinajstić information content (AvgIpc) is 3.27. The van der Waals surface area contributed by atoms with E-state index < -0.39 is 0 Å². The van der Waals surface area contributed by atoms with Gasteiger partial charge >= 0.3 is 0 Å². The average molecular weight is 402 g/mol. The van der Waals surface area contributed by atoms with Gasteiger partial charge in [0.1, 0.15) is 6.54 Å². The molecule has 3 N–H and O–H groups in total. The van der Waals surface area contributed by atoms with E-state index in [9.17, 15) is 4.79 Å². The number of para-hydroxylation sites is 1. The van der Waals surface area contributed by atoms with Gasteiger partial charge in [0.2, 0.25) is 5.91 Å². The van der Waals surface area contributed by atoms with E-state index in [4.69, 9.17) is 0 Å². The van der Waals surface area contributed by atoms with Crippen LogP contribution in [-0.2, 0) is 4.79 Å². The molecule has 1 aromatic rings. The highest BCUT2D eigenvalue weighted by atomic mass is 127. The lowest BCUT2D eigenvalue weighted by atomic mass is 10.3. The van der Waals surface area contributed by atoms with E-state index in [1.807, 2.05) is 37.3 Å². The molecule has 0 heterocycles. The van der Waals surface area contributed by atoms with E-state index >= 15 is 0 Å². The number of benzene rings is 1. The maximum Gasteiger partial charge on any atom is 0.246 e. The summed E-state index contributed by atoms with van der Waals surface area (Å²) in [7, 11) is 0. The predicted molar refractivity (Wildman–Crippen MR) is 97.2 cm³/mol. The number of carbonyl (C=O) groups is 1. The molecule has 1 fully saturated rings. The largest absolute Gasteiger partial charge is 0.357 e. The summed E-state index contributed by atoms with van der Waals surface area (Å²) >= 11 is 0. The van der Waals surface area contributed by atoms with Gasteiger partial charge in [-0.15, -0.1) is 24.0 Å². The van der Waals surface area contributed by atoms with Crippen LogP contribution in [0.3, 0.4) is 0 Å². The smallest absolute Gasteiger partial charge is 0.246 e. The quantitative estimate of drug-likeness (QED) is 0.389. The molecular weight excluding hydrogens is 379 g/mol. The molecule has 6 heteroatoms. The van der Waals surface area contributed by atoms with Gasteiger partial charge in [0.25, 0.3) is 0 Å². The van der Waals surface area contributed by atoms with Gasteiger partial charge < -0.3 is 16.0 Å². The van der Waals surface area contributed by atoms with E-state index in [1.54, 1.807) is 0 Å². The number of nitrogens with one attached hydrogen (secondary N) is 3. The SMILES string of the molecule is CCNC(=NCC(=O)Nc1ccccc1)NCC1CC1.I. The number of aliphatic imine (C=N–C) groups is 1. The minimum Gasteiger partial charge on any atom is -0.357 e. The summed E-state index contributed by atoms with van der Waals surface area (Å²) < 4.78 is 0. The van der Waals surface area contributed by atoms with Crippen molar-refractivity contribution in [2.75, 3.05) is 25.0 Å². The summed E-state index contributed by atoms with van der Waals surface area (Å²) in [4.78, 5) is 16.1. The highest BCUT2D eigenvalue weighted by molar-refractivity contribution is 14.0. The summed E-state index contributed by atoms with van der Waals surface area (Å²) in [6, 6.07) is 9.41. The van der Waals surface area contributed by atoms with Crippen LogP contribution >= 0.6 is 24.0 Å². The lowest BCUT2D eigenvalue weighted by molar-refractivity contribution is -0.114. The Hall–Kier alpha value is -1.31. The third-order valence-corrected chi connectivity index (χ3v) is 3.04. The minimum absolute atomic E-state index is 0. The number of hydrogen-bond donors (Lipinski definition) is 3. The molecule has 1 aliphatic carbocycles. The monoisotopic (exact) mass is 402 g/mol. The second kappa shape index (κ2) is 9.59. The summed E-state index contributed by atoms with van der Waals surface area (Å²) in [5, 5.41) is 9.22. The van der Waals surface area contributed by atoms with Crippen LogP contribution in [0.15, 0.2) is 35.3 Å². The first kappa shape index (κ1) is 17.7. The first-order valence-electron chi connectivity index (χ1n) is 7.15. The van der Waals surface area contributed by atoms with Crippen LogP contribution in [0.25, 0.3) is 0 Å². The van der Waals surface area contributed by atoms with Crippen molar-refractivity contribution in [1.29, 1.82) is 0 Å². The standard InChI is InChI=1S/C15H22N4O.HI/c1-2-16-15(17-10-12-8-9-12)18-11-14(20)19-13-6-4-3-5-7-13;/h3-7,12H,2,8-11H2,1H3,(H,19,20)(H2,16,17,18);1H. The van der Waals surface area contributed by atoms with Gasteiger partial charge in [0.05, 0.1) is 0 Å². The van der Waals surface area contributed by atoms with Crippen molar-refractivity contribution in [3.05, 3.63) is 30.3 Å². The van der Waals surface area contributed by atoms with E-state index in [-0.39, 0.29) is 36.4 Å². The van der Waals surface area contributed by atoms with E-state index in [1.165, 1.54) is 12.8 Å². The summed E-state index contributed by atoms with van der Waals surface area (Å²) in [5.74, 6) is 1.37. The van der Waals surface area contributed by atoms with Gasteiger partial charge in [0, 0.05) is 18.8 Å². The number of carbonyl (C=O) groups excluding carboxylic acids is 1. The van der Waals surface area contributed by atoms with E-state index in [2.05, 4.69) is 20.9 Å². The third-order valence-electron chi connectivity index (χ3n) is 3.04. The van der Waals surface area contributed by atoms with Gasteiger partial charge in [-0.1, -0.05) is 18.2 Å². The number of rotatable bonds is 6. The number of nitrogens with zero attached hydrogens (tertiary/aromatic N) is 1. The molecule has 116 valence electrons. The fraction of sp³-hybridized carbons (Fsp3) is 0.467. The molecule has 0 bridgehead atoms. The lowest BCUT2D eigenvalue weighted by Crippen LogP contribution is -2.39. The minimum atomic E-state index is -0.111. The Balaban J connectivity index is 0.00000220. The molecule has 0 saturated heterocycles. The second-order valence-electron chi connectivity index (χ2n) is 4.93. The van der Waals surface area contributed by atoms with Crippen molar-refractivity contribution in [3.63, 3.8) is 0 Å². The van der Waals surface area contributed by atoms with E-state index in [0.29, 0.717) is 5.96 Å². The van der Waals surface area contributed by atoms with Crippen LogP contribution in [-0.4, -0.2) is 31.5 Å². The molecule has 2 rings (SSSR count). The van der Waals surface area contributed by atoms with Crippen LogP contribution in [0.5, 0.6) is 0 Å². The molecule has 0 unspecified atom stereocenters. The van der Waals surface area contributed by atoms with Crippen molar-refractivity contribution in [2.45, 2.75) is 19.8 Å². The summed E-state index contributed by atoms with van der Waals surface area (Å²) in [6.07, 6.45) is 2.59. The predicted octanol–water partition coefficient (Wildman–Crippen LogP) is 2.21. The van der Waals surface area contributed by atoms with Gasteiger partial charge in [-0.05, 0) is 37.8 Å². The Morgan fingerprint density at radius 3 is 2.57 bits per heavy atom. The van der Waals surface area contributed by atoms with Crippen molar-refractivity contribution < 1.29 is 4.79 Å². The fourth-order valence-electron chi connectivity index (χ4n) is 1.78. The molecule has 0 aromatic heterocycles. The number of guanidine groups is 1. The van der Waals surface area contributed by atoms with Gasteiger partial charge in [-0.3, -0.25) is 4.79 Å². The Morgan fingerprint density at radius 2 is 1.95 bits per heavy atom. The van der Waals surface area contributed by atoms with Crippen molar-refractivity contribution in [1.82, 2.24) is 10.6 Å². The zero-order valence-electron chi connectivity index (χ0n) is 12.3. The first-order valence-corrected chi connectivity index (χ1v) is 7.15. The molecule has 1 aliphatic rings. The van der Waals surface area contributed by atoms with Crippen LogP contribution in [0, 0.1) is 5.92 Å². The molecule has 1 amide bonds. The normalized spacial score (nSPS) is 14.0. The highest BCUT2D eigenvalue weighted by Crippen LogP contribution is 2.27. The Labute approximate surface area is 143 Å². The summed E-state index contributed by atoms with van der Waals surface area (Å²) in [6.45, 7) is 3.86. The summed E-state index contributed by atoms with van der Waals surface area (Å²) in [5.41, 5.74) is 0.795. The molecule has 0 atom stereocenters. The molecular formula is C15H23IN4O. The molecule has 0 aliphatic heterocycles. The van der Waals surface area contributed by atoms with Crippen LogP contribution in [0.4, 0.5) is 5.69 Å². The topological polar surface area (TPSA) is 65.5 Å². The van der Waals surface area contributed by atoms with Gasteiger partial charge in [0.15, 0.2) is 5.96 Å². The number of hydrogen-bond acceptors (Lipinski definition) is 2. The zero-order chi connectivity index (χ0) is 14.2. The van der Waals surface area contributed by atoms with Crippen LogP contribution in [0.2, 0.25) is 0 Å². The molecule has 21 heavy (non-hydrogen) atoms. The van der Waals surface area contributed by atoms with Gasteiger partial charge in [-0.25, -0.2) is 4.99 Å². The highest BCUT2D eigenvalue weighted by Gasteiger charge is 2.21. The molecule has 0 spiro atoms. The lowest BCUT2D eigenvalue weighted by Gasteiger charge is -2.10. The third kappa shape index (κ3) is 7.31. The number of anilines is 1. The van der Waals surface area contributed by atoms with Crippen molar-refractivity contribution in [2.24, 2.45) is 10.9 Å². The fourth-order valence-corrected chi connectivity index (χ4v) is 1.78. The Kier molecular flexibility index (Phi) is 8.11. The van der Waals surface area contributed by atoms with E-state index in [0.717, 1.165) is 24.7 Å². The molecule has 1 saturated carbocycles. The number of halogens is 1. The van der Waals surface area contributed by atoms with Crippen LogP contribution < -0.4 is 16.0 Å². The maximum absolute atomic E-state index is 11.8. The maximum atomic E-state index is 11.8. The zero-order valence-corrected chi connectivity index (χ0v) is 14.6. The van der Waals surface area contributed by atoms with Crippen molar-refractivity contribution in [3.8, 4) is 0 Å². The molecule has 1 aromatic carbocycles.